The molecule has 124 valence electrons. The van der Waals surface area contributed by atoms with Crippen molar-refractivity contribution in [3.8, 4) is 0 Å². The van der Waals surface area contributed by atoms with Crippen molar-refractivity contribution in [3.05, 3.63) is 34.4 Å². The van der Waals surface area contributed by atoms with Crippen molar-refractivity contribution in [2.75, 3.05) is 32.9 Å². The average molecular weight is 322 g/mol. The van der Waals surface area contributed by atoms with Crippen molar-refractivity contribution in [3.63, 3.8) is 0 Å². The second kappa shape index (κ2) is 8.08. The number of morpholine rings is 1. The van der Waals surface area contributed by atoms with Crippen molar-refractivity contribution in [1.29, 1.82) is 0 Å². The van der Waals surface area contributed by atoms with Crippen LogP contribution in [-0.2, 0) is 9.47 Å². The third kappa shape index (κ3) is 4.92. The lowest BCUT2D eigenvalue weighted by atomic mass is 10.3. The maximum absolute atomic E-state index is 11.7. The molecule has 1 N–H and O–H groups in total. The van der Waals surface area contributed by atoms with Crippen LogP contribution >= 0.6 is 0 Å². The van der Waals surface area contributed by atoms with E-state index in [2.05, 4.69) is 10.3 Å². The van der Waals surface area contributed by atoms with Crippen molar-refractivity contribution in [2.45, 2.75) is 6.92 Å². The van der Waals surface area contributed by atoms with E-state index in [0.717, 1.165) is 0 Å². The van der Waals surface area contributed by atoms with Gasteiger partial charge in [0.2, 0.25) is 5.96 Å². The smallest absolute Gasteiger partial charge is 0.413 e. The first-order valence-corrected chi connectivity index (χ1v) is 7.19. The van der Waals surface area contributed by atoms with Gasteiger partial charge in [-0.25, -0.2) is 9.79 Å². The Bertz CT molecular complexity index is 581. The van der Waals surface area contributed by atoms with Gasteiger partial charge in [0.25, 0.3) is 5.69 Å². The van der Waals surface area contributed by atoms with Crippen molar-refractivity contribution in [2.24, 2.45) is 4.99 Å². The summed E-state index contributed by atoms with van der Waals surface area (Å²) in [5.41, 5.74) is 0.476. The number of benzene rings is 1. The Hall–Kier alpha value is -2.68. The summed E-state index contributed by atoms with van der Waals surface area (Å²) >= 11 is 0. The molecule has 1 aromatic rings. The fourth-order valence-corrected chi connectivity index (χ4v) is 1.98. The van der Waals surface area contributed by atoms with Crippen LogP contribution in [0.25, 0.3) is 0 Å². The van der Waals surface area contributed by atoms with Crippen molar-refractivity contribution in [1.82, 2.24) is 10.2 Å². The van der Waals surface area contributed by atoms with E-state index in [-0.39, 0.29) is 12.3 Å². The van der Waals surface area contributed by atoms with Gasteiger partial charge in [-0.05, 0) is 19.1 Å². The highest BCUT2D eigenvalue weighted by molar-refractivity contribution is 5.95. The summed E-state index contributed by atoms with van der Waals surface area (Å²) in [6.07, 6.45) is -0.598. The lowest BCUT2D eigenvalue weighted by Crippen LogP contribution is -2.49. The van der Waals surface area contributed by atoms with Gasteiger partial charge in [0.15, 0.2) is 0 Å². The molecule has 1 heterocycles. The number of nitro benzene ring substituents is 1. The fraction of sp³-hybridized carbons (Fsp3) is 0.429. The molecule has 0 bridgehead atoms. The molecule has 1 fully saturated rings. The third-order valence-corrected chi connectivity index (χ3v) is 3.10. The Morgan fingerprint density at radius 2 is 2.04 bits per heavy atom. The second-order valence-corrected chi connectivity index (χ2v) is 4.65. The van der Waals surface area contributed by atoms with Crippen LogP contribution in [0.4, 0.5) is 16.2 Å². The van der Waals surface area contributed by atoms with E-state index >= 15 is 0 Å². The molecule has 23 heavy (non-hydrogen) atoms. The predicted molar refractivity (Wildman–Crippen MR) is 82.7 cm³/mol. The Kier molecular flexibility index (Phi) is 5.87. The Morgan fingerprint density at radius 1 is 1.39 bits per heavy atom. The Balaban J connectivity index is 2.19. The van der Waals surface area contributed by atoms with E-state index in [9.17, 15) is 14.9 Å². The van der Waals surface area contributed by atoms with Crippen molar-refractivity contribution < 1.29 is 19.2 Å². The van der Waals surface area contributed by atoms with Gasteiger partial charge in [0.1, 0.15) is 0 Å². The standard InChI is InChI=1S/C14H18N4O5/c1-2-23-14(19)16-13(17-7-9-22-10-8-17)15-11-3-5-12(6-4-11)18(20)21/h3-6H,2,7-10H2,1H3,(H,15,16,19). The number of rotatable bonds is 3. The van der Waals surface area contributed by atoms with Gasteiger partial charge in [0, 0.05) is 25.2 Å². The zero-order chi connectivity index (χ0) is 16.7. The molecule has 1 amide bonds. The van der Waals surface area contributed by atoms with E-state index in [0.29, 0.717) is 38.0 Å². The quantitative estimate of drug-likeness (QED) is 0.392. The molecule has 0 unspecified atom stereocenters. The summed E-state index contributed by atoms with van der Waals surface area (Å²) in [4.78, 5) is 28.1. The minimum absolute atomic E-state index is 0.0183. The van der Waals surface area contributed by atoms with E-state index in [1.165, 1.54) is 24.3 Å². The molecule has 0 aliphatic carbocycles. The van der Waals surface area contributed by atoms with Crippen LogP contribution in [-0.4, -0.2) is 54.8 Å². The zero-order valence-corrected chi connectivity index (χ0v) is 12.7. The summed E-state index contributed by atoms with van der Waals surface area (Å²) < 4.78 is 10.2. The van der Waals surface area contributed by atoms with Gasteiger partial charge in [-0.2, -0.15) is 0 Å². The average Bonchev–Trinajstić information content (AvgIpc) is 2.56. The number of nitrogens with zero attached hydrogens (tertiary/aromatic N) is 3. The van der Waals surface area contributed by atoms with Gasteiger partial charge < -0.3 is 14.4 Å². The van der Waals surface area contributed by atoms with Crippen LogP contribution in [0.1, 0.15) is 6.92 Å². The van der Waals surface area contributed by atoms with Crippen LogP contribution in [0, 0.1) is 10.1 Å². The minimum Gasteiger partial charge on any atom is -0.450 e. The van der Waals surface area contributed by atoms with E-state index in [4.69, 9.17) is 9.47 Å². The first-order valence-electron chi connectivity index (χ1n) is 7.19. The van der Waals surface area contributed by atoms with Gasteiger partial charge in [0.05, 0.1) is 30.4 Å². The molecule has 1 saturated heterocycles. The number of ether oxygens (including phenoxy) is 2. The summed E-state index contributed by atoms with van der Waals surface area (Å²) in [7, 11) is 0. The summed E-state index contributed by atoms with van der Waals surface area (Å²) in [5.74, 6) is 0.334. The maximum Gasteiger partial charge on any atom is 0.413 e. The molecule has 0 radical (unpaired) electrons. The number of aliphatic imine (C=N–C) groups is 1. The number of carbonyl (C=O) groups excluding carboxylic acids is 1. The maximum atomic E-state index is 11.7. The van der Waals surface area contributed by atoms with Gasteiger partial charge >= 0.3 is 6.09 Å². The highest BCUT2D eigenvalue weighted by Crippen LogP contribution is 2.18. The monoisotopic (exact) mass is 322 g/mol. The molecular formula is C14H18N4O5. The van der Waals surface area contributed by atoms with Gasteiger partial charge in [-0.3, -0.25) is 15.4 Å². The highest BCUT2D eigenvalue weighted by atomic mass is 16.6. The first kappa shape index (κ1) is 16.7. The molecule has 0 atom stereocenters. The Labute approximate surface area is 133 Å². The normalized spacial score (nSPS) is 15.2. The third-order valence-electron chi connectivity index (χ3n) is 3.10. The zero-order valence-electron chi connectivity index (χ0n) is 12.7. The van der Waals surface area contributed by atoms with E-state index < -0.39 is 11.0 Å². The number of amides is 1. The molecule has 0 saturated carbocycles. The molecular weight excluding hydrogens is 304 g/mol. The lowest BCUT2D eigenvalue weighted by Gasteiger charge is -2.29. The highest BCUT2D eigenvalue weighted by Gasteiger charge is 2.18. The van der Waals surface area contributed by atoms with Crippen LogP contribution in [0.3, 0.4) is 0 Å². The molecule has 1 aliphatic rings. The van der Waals surface area contributed by atoms with Gasteiger partial charge in [-0.15, -0.1) is 0 Å². The molecule has 0 aromatic heterocycles. The number of alkyl carbamates (subject to hydrolysis) is 1. The number of nitro groups is 1. The number of hydrogen-bond acceptors (Lipinski definition) is 6. The van der Waals surface area contributed by atoms with Gasteiger partial charge in [-0.1, -0.05) is 0 Å². The van der Waals surface area contributed by atoms with Crippen LogP contribution in [0.2, 0.25) is 0 Å². The van der Waals surface area contributed by atoms with E-state index in [1.54, 1.807) is 6.92 Å². The number of guanidine groups is 1. The lowest BCUT2D eigenvalue weighted by molar-refractivity contribution is -0.384. The first-order chi connectivity index (χ1) is 11.1. The molecule has 9 heteroatoms. The topological polar surface area (TPSA) is 106 Å². The SMILES string of the molecule is CCOC(=O)NC(=Nc1ccc([N+](=O)[O-])cc1)N1CCOCC1. The fourth-order valence-electron chi connectivity index (χ4n) is 1.98. The summed E-state index contributed by atoms with van der Waals surface area (Å²) in [6.45, 7) is 4.19. The number of hydrogen-bond donors (Lipinski definition) is 1. The summed E-state index contributed by atoms with van der Waals surface area (Å²) in [6, 6.07) is 5.76. The Morgan fingerprint density at radius 3 is 2.61 bits per heavy atom. The second-order valence-electron chi connectivity index (χ2n) is 4.65. The molecule has 9 nitrogen and oxygen atoms in total. The molecule has 2 rings (SSSR count). The largest absolute Gasteiger partial charge is 0.450 e. The molecule has 0 spiro atoms. The van der Waals surface area contributed by atoms with Crippen LogP contribution < -0.4 is 5.32 Å². The minimum atomic E-state index is -0.598. The van der Waals surface area contributed by atoms with Crippen LogP contribution in [0.15, 0.2) is 29.3 Å². The van der Waals surface area contributed by atoms with E-state index in [1.807, 2.05) is 4.90 Å². The number of non-ortho nitro benzene ring substituents is 1. The predicted octanol–water partition coefficient (Wildman–Crippen LogP) is 1.66. The van der Waals surface area contributed by atoms with Crippen LogP contribution in [0.5, 0.6) is 0 Å². The molecule has 1 aromatic carbocycles. The molecule has 1 aliphatic heterocycles. The van der Waals surface area contributed by atoms with Crippen molar-refractivity contribution >= 4 is 23.4 Å². The number of carbonyl (C=O) groups is 1. The number of nitrogens with one attached hydrogen (secondary N) is 1. The summed E-state index contributed by atoms with van der Waals surface area (Å²) in [5, 5.41) is 13.3.